The summed E-state index contributed by atoms with van der Waals surface area (Å²) in [7, 11) is 0. The van der Waals surface area contributed by atoms with Crippen molar-refractivity contribution in [3.8, 4) is 22.8 Å². The van der Waals surface area contributed by atoms with Crippen molar-refractivity contribution in [2.24, 2.45) is 0 Å². The highest BCUT2D eigenvalue weighted by molar-refractivity contribution is 6.30. The van der Waals surface area contributed by atoms with Crippen LogP contribution in [0.5, 0.6) is 0 Å². The Morgan fingerprint density at radius 1 is 0.839 bits per heavy atom. The van der Waals surface area contributed by atoms with Crippen molar-refractivity contribution < 1.29 is 13.2 Å². The molecule has 2 heterocycles. The first-order chi connectivity index (χ1) is 14.9. The fraction of sp³-hybridized carbons (Fsp3) is 0.0870. The Kier molecular flexibility index (Phi) is 5.86. The van der Waals surface area contributed by atoms with Gasteiger partial charge in [-0.15, -0.1) is 0 Å². The van der Waals surface area contributed by atoms with Gasteiger partial charge in [-0.05, 0) is 42.0 Å². The molecule has 0 atom stereocenters. The van der Waals surface area contributed by atoms with Crippen LogP contribution in [0.1, 0.15) is 11.1 Å². The highest BCUT2D eigenvalue weighted by atomic mass is 35.5. The Bertz CT molecular complexity index is 1180. The second-order valence-electron chi connectivity index (χ2n) is 6.74. The van der Waals surface area contributed by atoms with Gasteiger partial charge >= 0.3 is 6.18 Å². The van der Waals surface area contributed by atoms with Crippen molar-refractivity contribution in [2.45, 2.75) is 12.7 Å². The maximum Gasteiger partial charge on any atom is 0.416 e. The highest BCUT2D eigenvalue weighted by Crippen LogP contribution is 2.32. The second-order valence-corrected chi connectivity index (χ2v) is 7.17. The molecule has 1 N–H and O–H groups in total. The van der Waals surface area contributed by atoms with Crippen LogP contribution >= 0.6 is 11.6 Å². The van der Waals surface area contributed by atoms with Crippen LogP contribution in [0, 0.1) is 0 Å². The maximum absolute atomic E-state index is 13.2. The molecule has 2 aromatic carbocycles. The standard InChI is InChI=1S/C23H16ClF3N4/c24-18-9-7-15(8-10-18)14-29-21-13-20(16-4-3-5-17(12-16)23(25,26)27)30-22(31-21)19-6-1-2-11-28-19/h1-13H,14H2,(H,29,30,31). The van der Waals surface area contributed by atoms with E-state index < -0.39 is 11.7 Å². The number of hydrogen-bond acceptors (Lipinski definition) is 4. The molecule has 2 aromatic heterocycles. The number of aromatic nitrogens is 3. The van der Waals surface area contributed by atoms with Gasteiger partial charge in [0.2, 0.25) is 0 Å². The summed E-state index contributed by atoms with van der Waals surface area (Å²) in [4.78, 5) is 13.2. The Morgan fingerprint density at radius 2 is 1.65 bits per heavy atom. The van der Waals surface area contributed by atoms with Crippen LogP contribution in [-0.2, 0) is 12.7 Å². The first kappa shape index (κ1) is 20.8. The number of nitrogens with zero attached hydrogens (tertiary/aromatic N) is 3. The third-order valence-electron chi connectivity index (χ3n) is 4.49. The van der Waals surface area contributed by atoms with Gasteiger partial charge in [0.15, 0.2) is 5.82 Å². The normalized spacial score (nSPS) is 11.4. The van der Waals surface area contributed by atoms with Crippen LogP contribution in [0.15, 0.2) is 79.0 Å². The molecule has 0 aliphatic carbocycles. The van der Waals surface area contributed by atoms with Gasteiger partial charge in [0.25, 0.3) is 0 Å². The van der Waals surface area contributed by atoms with Crippen molar-refractivity contribution in [1.29, 1.82) is 0 Å². The number of alkyl halides is 3. The molecule has 0 aliphatic rings. The van der Waals surface area contributed by atoms with Gasteiger partial charge < -0.3 is 5.32 Å². The minimum atomic E-state index is -4.44. The largest absolute Gasteiger partial charge is 0.416 e. The molecule has 0 fully saturated rings. The SMILES string of the molecule is FC(F)(F)c1cccc(-c2cc(NCc3ccc(Cl)cc3)nc(-c3ccccn3)n2)c1. The van der Waals surface area contributed by atoms with E-state index in [1.54, 1.807) is 48.7 Å². The predicted octanol–water partition coefficient (Wildman–Crippen LogP) is 6.49. The van der Waals surface area contributed by atoms with Crippen molar-refractivity contribution >= 4 is 17.4 Å². The zero-order valence-corrected chi connectivity index (χ0v) is 16.8. The van der Waals surface area contributed by atoms with Gasteiger partial charge in [-0.1, -0.05) is 41.9 Å². The summed E-state index contributed by atoms with van der Waals surface area (Å²) >= 11 is 5.92. The lowest BCUT2D eigenvalue weighted by atomic mass is 10.1. The van der Waals surface area contributed by atoms with E-state index in [1.807, 2.05) is 12.1 Å². The molecule has 0 radical (unpaired) electrons. The third kappa shape index (κ3) is 5.19. The lowest BCUT2D eigenvalue weighted by molar-refractivity contribution is -0.137. The highest BCUT2D eigenvalue weighted by Gasteiger charge is 2.30. The molecule has 0 spiro atoms. The number of pyridine rings is 1. The summed E-state index contributed by atoms with van der Waals surface area (Å²) < 4.78 is 39.5. The zero-order chi connectivity index (χ0) is 21.8. The van der Waals surface area contributed by atoms with E-state index in [2.05, 4.69) is 20.3 Å². The van der Waals surface area contributed by atoms with E-state index >= 15 is 0 Å². The van der Waals surface area contributed by atoms with Crippen LogP contribution in [0.3, 0.4) is 0 Å². The van der Waals surface area contributed by atoms with Gasteiger partial charge in [0.1, 0.15) is 11.5 Å². The minimum Gasteiger partial charge on any atom is -0.366 e. The van der Waals surface area contributed by atoms with Crippen LogP contribution in [-0.4, -0.2) is 15.0 Å². The van der Waals surface area contributed by atoms with Crippen molar-refractivity contribution in [1.82, 2.24) is 15.0 Å². The summed E-state index contributed by atoms with van der Waals surface area (Å²) in [6.45, 7) is 0.456. The van der Waals surface area contributed by atoms with E-state index in [0.717, 1.165) is 17.7 Å². The Morgan fingerprint density at radius 3 is 2.35 bits per heavy atom. The minimum absolute atomic E-state index is 0.314. The average molecular weight is 441 g/mol. The number of rotatable bonds is 5. The summed E-state index contributed by atoms with van der Waals surface area (Å²) in [5, 5.41) is 3.84. The molecule has 0 aliphatic heterocycles. The van der Waals surface area contributed by atoms with E-state index in [9.17, 15) is 13.2 Å². The number of hydrogen-bond donors (Lipinski definition) is 1. The molecule has 0 saturated heterocycles. The number of anilines is 1. The molecule has 31 heavy (non-hydrogen) atoms. The molecular weight excluding hydrogens is 425 g/mol. The van der Waals surface area contributed by atoms with Crippen LogP contribution in [0.4, 0.5) is 19.0 Å². The first-order valence-electron chi connectivity index (χ1n) is 9.35. The Balaban J connectivity index is 1.72. The lowest BCUT2D eigenvalue weighted by Gasteiger charge is -2.12. The van der Waals surface area contributed by atoms with Gasteiger partial charge in [-0.2, -0.15) is 13.2 Å². The topological polar surface area (TPSA) is 50.7 Å². The van der Waals surface area contributed by atoms with Crippen LogP contribution in [0.25, 0.3) is 22.8 Å². The Labute approximate surface area is 181 Å². The van der Waals surface area contributed by atoms with Crippen LogP contribution < -0.4 is 5.32 Å². The van der Waals surface area contributed by atoms with Crippen molar-refractivity contribution in [3.05, 3.63) is 95.1 Å². The van der Waals surface area contributed by atoms with Gasteiger partial charge in [0, 0.05) is 29.4 Å². The molecule has 0 saturated carbocycles. The maximum atomic E-state index is 13.2. The molecule has 4 aromatic rings. The van der Waals surface area contributed by atoms with Crippen molar-refractivity contribution in [2.75, 3.05) is 5.32 Å². The smallest absolute Gasteiger partial charge is 0.366 e. The summed E-state index contributed by atoms with van der Waals surface area (Å²) in [6, 6.07) is 19.3. The number of halogens is 4. The summed E-state index contributed by atoms with van der Waals surface area (Å²) in [5.74, 6) is 0.784. The predicted molar refractivity (Wildman–Crippen MR) is 114 cm³/mol. The van der Waals surface area contributed by atoms with Gasteiger partial charge in [-0.3, -0.25) is 4.98 Å². The zero-order valence-electron chi connectivity index (χ0n) is 16.1. The van der Waals surface area contributed by atoms with E-state index in [-0.39, 0.29) is 0 Å². The molecule has 4 rings (SSSR count). The fourth-order valence-electron chi connectivity index (χ4n) is 2.94. The fourth-order valence-corrected chi connectivity index (χ4v) is 3.07. The molecule has 0 bridgehead atoms. The number of benzene rings is 2. The first-order valence-corrected chi connectivity index (χ1v) is 9.73. The van der Waals surface area contributed by atoms with Gasteiger partial charge in [0.05, 0.1) is 11.3 Å². The van der Waals surface area contributed by atoms with Crippen molar-refractivity contribution in [3.63, 3.8) is 0 Å². The average Bonchev–Trinajstić information content (AvgIpc) is 2.79. The summed E-state index contributed by atoms with van der Waals surface area (Å²) in [5.41, 5.74) is 1.46. The van der Waals surface area contributed by atoms with E-state index in [1.165, 1.54) is 6.07 Å². The Hall–Kier alpha value is -3.45. The van der Waals surface area contributed by atoms with E-state index in [0.29, 0.717) is 40.2 Å². The molecule has 4 nitrogen and oxygen atoms in total. The molecular formula is C23H16ClF3N4. The molecule has 0 unspecified atom stereocenters. The number of nitrogens with one attached hydrogen (secondary N) is 1. The third-order valence-corrected chi connectivity index (χ3v) is 4.74. The monoisotopic (exact) mass is 440 g/mol. The van der Waals surface area contributed by atoms with E-state index in [4.69, 9.17) is 11.6 Å². The van der Waals surface area contributed by atoms with Gasteiger partial charge in [-0.25, -0.2) is 9.97 Å². The van der Waals surface area contributed by atoms with Crippen LogP contribution in [0.2, 0.25) is 5.02 Å². The summed E-state index contributed by atoms with van der Waals surface area (Å²) in [6.07, 6.45) is -2.83. The molecule has 156 valence electrons. The molecule has 0 amide bonds. The second kappa shape index (κ2) is 8.73. The quantitative estimate of drug-likeness (QED) is 0.385. The lowest BCUT2D eigenvalue weighted by Crippen LogP contribution is -2.06. The molecule has 8 heteroatoms.